The Morgan fingerprint density at radius 3 is 2.90 bits per heavy atom. The number of carbonyl (C=O) groups is 1. The van der Waals surface area contributed by atoms with E-state index < -0.39 is 4.92 Å². The Labute approximate surface area is 122 Å². The van der Waals surface area contributed by atoms with E-state index in [9.17, 15) is 14.9 Å². The molecule has 1 aromatic heterocycles. The fourth-order valence-corrected chi connectivity index (χ4v) is 2.55. The Morgan fingerprint density at radius 1 is 1.52 bits per heavy atom. The molecular weight excluding hydrogens is 276 g/mol. The number of ether oxygens (including phenoxy) is 1. The summed E-state index contributed by atoms with van der Waals surface area (Å²) >= 11 is 0. The Morgan fingerprint density at radius 2 is 2.29 bits per heavy atom. The summed E-state index contributed by atoms with van der Waals surface area (Å²) in [6.45, 7) is 0. The number of aromatic nitrogens is 1. The van der Waals surface area contributed by atoms with E-state index in [1.165, 1.54) is 6.07 Å². The monoisotopic (exact) mass is 294 g/mol. The zero-order chi connectivity index (χ0) is 15.4. The molecule has 0 aromatic carbocycles. The summed E-state index contributed by atoms with van der Waals surface area (Å²) in [7, 11) is 3.22. The molecule has 0 radical (unpaired) electrons. The minimum Gasteiger partial charge on any atom is -0.379 e. The van der Waals surface area contributed by atoms with Gasteiger partial charge in [-0.05, 0) is 19.3 Å². The number of pyridine rings is 1. The molecule has 1 heterocycles. The van der Waals surface area contributed by atoms with Gasteiger partial charge >= 0.3 is 0 Å². The van der Waals surface area contributed by atoms with Gasteiger partial charge in [0.05, 0.1) is 22.6 Å². The Hall–Kier alpha value is -2.22. The smallest absolute Gasteiger partial charge is 0.288 e. The molecule has 1 aromatic rings. The summed E-state index contributed by atoms with van der Waals surface area (Å²) in [4.78, 5) is 26.5. The van der Waals surface area contributed by atoms with E-state index in [0.29, 0.717) is 5.82 Å². The number of rotatable bonds is 5. The first-order valence-corrected chi connectivity index (χ1v) is 6.72. The Bertz CT molecular complexity index is 549. The van der Waals surface area contributed by atoms with Crippen LogP contribution in [-0.4, -0.2) is 42.1 Å². The number of hydrogen-bond acceptors (Lipinski definition) is 6. The standard InChI is InChI=1S/C13H18N4O4/c1-14-12-9(6-8(7-15-12)17(19)20)13(18)16-10-4-3-5-11(10)21-2/h6-7,10-11H,3-5H2,1-2H3,(H,14,15)(H,16,18). The van der Waals surface area contributed by atoms with Crippen LogP contribution in [0.3, 0.4) is 0 Å². The third-order valence-electron chi connectivity index (χ3n) is 3.64. The van der Waals surface area contributed by atoms with Crippen LogP contribution in [0.25, 0.3) is 0 Å². The van der Waals surface area contributed by atoms with Crippen LogP contribution in [0.1, 0.15) is 29.6 Å². The van der Waals surface area contributed by atoms with Gasteiger partial charge in [-0.15, -0.1) is 0 Å². The predicted molar refractivity (Wildman–Crippen MR) is 76.3 cm³/mol. The molecule has 2 unspecified atom stereocenters. The Balaban J connectivity index is 2.21. The summed E-state index contributed by atoms with van der Waals surface area (Å²) < 4.78 is 5.32. The van der Waals surface area contributed by atoms with Crippen molar-refractivity contribution < 1.29 is 14.5 Å². The average Bonchev–Trinajstić information content (AvgIpc) is 2.93. The SMILES string of the molecule is CNc1ncc([N+](=O)[O-])cc1C(=O)NC1CCCC1OC. The van der Waals surface area contributed by atoms with Crippen LogP contribution in [0.4, 0.5) is 11.5 Å². The molecular formula is C13H18N4O4. The molecule has 1 fully saturated rings. The molecule has 1 aliphatic rings. The zero-order valence-corrected chi connectivity index (χ0v) is 12.0. The van der Waals surface area contributed by atoms with E-state index in [-0.39, 0.29) is 29.3 Å². The number of nitrogens with zero attached hydrogens (tertiary/aromatic N) is 2. The van der Waals surface area contributed by atoms with Crippen LogP contribution in [-0.2, 0) is 4.74 Å². The van der Waals surface area contributed by atoms with Crippen LogP contribution in [0.15, 0.2) is 12.3 Å². The predicted octanol–water partition coefficient (Wildman–Crippen LogP) is 1.33. The molecule has 21 heavy (non-hydrogen) atoms. The summed E-state index contributed by atoms with van der Waals surface area (Å²) in [5, 5.41) is 16.4. The van der Waals surface area contributed by atoms with Gasteiger partial charge in [-0.3, -0.25) is 14.9 Å². The molecule has 2 atom stereocenters. The van der Waals surface area contributed by atoms with E-state index in [4.69, 9.17) is 4.74 Å². The van der Waals surface area contributed by atoms with Crippen LogP contribution in [0.2, 0.25) is 0 Å². The first kappa shape index (κ1) is 15.2. The van der Waals surface area contributed by atoms with Gasteiger partial charge in [0, 0.05) is 20.2 Å². The van der Waals surface area contributed by atoms with Gasteiger partial charge in [0.2, 0.25) is 0 Å². The van der Waals surface area contributed by atoms with Gasteiger partial charge < -0.3 is 15.4 Å². The molecule has 2 N–H and O–H groups in total. The summed E-state index contributed by atoms with van der Waals surface area (Å²) in [5.74, 6) is -0.0745. The molecule has 2 rings (SSSR count). The molecule has 8 nitrogen and oxygen atoms in total. The lowest BCUT2D eigenvalue weighted by Crippen LogP contribution is -2.41. The Kier molecular flexibility index (Phi) is 4.69. The minimum atomic E-state index is -0.573. The summed E-state index contributed by atoms with van der Waals surface area (Å²) in [5.41, 5.74) is -0.0534. The molecule has 8 heteroatoms. The number of anilines is 1. The first-order valence-electron chi connectivity index (χ1n) is 6.72. The van der Waals surface area contributed by atoms with Crippen LogP contribution in [0.5, 0.6) is 0 Å². The molecule has 0 saturated heterocycles. The third kappa shape index (κ3) is 3.27. The van der Waals surface area contributed by atoms with Crippen LogP contribution < -0.4 is 10.6 Å². The van der Waals surface area contributed by atoms with Crippen molar-refractivity contribution in [3.05, 3.63) is 27.9 Å². The quantitative estimate of drug-likeness (QED) is 0.626. The maximum Gasteiger partial charge on any atom is 0.288 e. The van der Waals surface area contributed by atoms with E-state index in [1.807, 2.05) is 0 Å². The topological polar surface area (TPSA) is 106 Å². The molecule has 1 saturated carbocycles. The van der Waals surface area contributed by atoms with E-state index in [1.54, 1.807) is 14.2 Å². The highest BCUT2D eigenvalue weighted by molar-refractivity contribution is 5.99. The summed E-state index contributed by atoms with van der Waals surface area (Å²) in [6.07, 6.45) is 3.82. The second kappa shape index (κ2) is 6.49. The molecule has 0 spiro atoms. The molecule has 0 aliphatic heterocycles. The second-order valence-electron chi connectivity index (χ2n) is 4.88. The highest BCUT2D eigenvalue weighted by Gasteiger charge is 2.29. The van der Waals surface area contributed by atoms with Crippen LogP contribution in [0, 0.1) is 10.1 Å². The highest BCUT2D eigenvalue weighted by Crippen LogP contribution is 2.23. The van der Waals surface area contributed by atoms with Crippen molar-refractivity contribution in [2.45, 2.75) is 31.4 Å². The van der Waals surface area contributed by atoms with Crippen molar-refractivity contribution in [2.75, 3.05) is 19.5 Å². The van der Waals surface area contributed by atoms with Crippen molar-refractivity contribution in [1.29, 1.82) is 0 Å². The minimum absolute atomic E-state index is 0.0151. The van der Waals surface area contributed by atoms with E-state index in [2.05, 4.69) is 15.6 Å². The molecule has 1 amide bonds. The fourth-order valence-electron chi connectivity index (χ4n) is 2.55. The van der Waals surface area contributed by atoms with Gasteiger partial charge in [-0.1, -0.05) is 0 Å². The number of amides is 1. The van der Waals surface area contributed by atoms with Crippen molar-refractivity contribution >= 4 is 17.4 Å². The van der Waals surface area contributed by atoms with E-state index >= 15 is 0 Å². The maximum atomic E-state index is 12.3. The number of nitrogens with one attached hydrogen (secondary N) is 2. The van der Waals surface area contributed by atoms with Gasteiger partial charge in [-0.25, -0.2) is 4.98 Å². The zero-order valence-electron chi connectivity index (χ0n) is 12.0. The normalized spacial score (nSPS) is 21.0. The lowest BCUT2D eigenvalue weighted by Gasteiger charge is -2.20. The summed E-state index contributed by atoms with van der Waals surface area (Å²) in [6, 6.07) is 1.15. The average molecular weight is 294 g/mol. The van der Waals surface area contributed by atoms with Crippen molar-refractivity contribution in [1.82, 2.24) is 10.3 Å². The lowest BCUT2D eigenvalue weighted by atomic mass is 10.1. The third-order valence-corrected chi connectivity index (χ3v) is 3.64. The maximum absolute atomic E-state index is 12.3. The van der Waals surface area contributed by atoms with E-state index in [0.717, 1.165) is 25.5 Å². The number of methoxy groups -OCH3 is 1. The van der Waals surface area contributed by atoms with Gasteiger partial charge in [0.25, 0.3) is 11.6 Å². The van der Waals surface area contributed by atoms with Gasteiger partial charge in [0.1, 0.15) is 12.0 Å². The number of carbonyl (C=O) groups excluding carboxylic acids is 1. The van der Waals surface area contributed by atoms with Crippen molar-refractivity contribution in [3.8, 4) is 0 Å². The number of nitro groups is 1. The van der Waals surface area contributed by atoms with Gasteiger partial charge in [-0.2, -0.15) is 0 Å². The van der Waals surface area contributed by atoms with Crippen molar-refractivity contribution in [3.63, 3.8) is 0 Å². The molecule has 1 aliphatic carbocycles. The molecule has 114 valence electrons. The first-order chi connectivity index (χ1) is 10.1. The lowest BCUT2D eigenvalue weighted by molar-refractivity contribution is -0.385. The second-order valence-corrected chi connectivity index (χ2v) is 4.88. The number of hydrogen-bond donors (Lipinski definition) is 2. The fraction of sp³-hybridized carbons (Fsp3) is 0.538. The highest BCUT2D eigenvalue weighted by atomic mass is 16.6. The molecule has 0 bridgehead atoms. The largest absolute Gasteiger partial charge is 0.379 e. The van der Waals surface area contributed by atoms with Crippen molar-refractivity contribution in [2.24, 2.45) is 0 Å². The van der Waals surface area contributed by atoms with Gasteiger partial charge in [0.15, 0.2) is 0 Å². The van der Waals surface area contributed by atoms with Crippen LogP contribution >= 0.6 is 0 Å².